The van der Waals surface area contributed by atoms with Gasteiger partial charge in [0.15, 0.2) is 0 Å². The summed E-state index contributed by atoms with van der Waals surface area (Å²) in [7, 11) is 1.86. The van der Waals surface area contributed by atoms with Crippen molar-refractivity contribution in [1.82, 2.24) is 5.01 Å². The molecular formula is C4H14N2O. The van der Waals surface area contributed by atoms with Crippen molar-refractivity contribution in [1.29, 1.82) is 0 Å². The molecule has 0 aliphatic carbocycles. The molecule has 0 aromatic carbocycles. The predicted molar refractivity (Wildman–Crippen MR) is 30.7 cm³/mol. The van der Waals surface area contributed by atoms with Crippen molar-refractivity contribution in [2.24, 2.45) is 5.84 Å². The summed E-state index contributed by atoms with van der Waals surface area (Å²) >= 11 is 0. The Kier molecular flexibility index (Phi) is 8.39. The zero-order valence-electron chi connectivity index (χ0n) is 4.94. The first-order valence-electron chi connectivity index (χ1n) is 2.23. The number of nitrogens with two attached hydrogens (primary N) is 1. The third kappa shape index (κ3) is 10.7. The zero-order chi connectivity index (χ0) is 4.99. The van der Waals surface area contributed by atoms with Crippen molar-refractivity contribution in [3.05, 3.63) is 0 Å². The number of rotatable bonds is 2. The van der Waals surface area contributed by atoms with E-state index in [0.717, 1.165) is 13.0 Å². The summed E-state index contributed by atoms with van der Waals surface area (Å²) in [5, 5.41) is 1.68. The lowest BCUT2D eigenvalue weighted by molar-refractivity contribution is 0.350. The molecule has 0 atom stereocenters. The molecule has 0 saturated carbocycles. The van der Waals surface area contributed by atoms with Crippen LogP contribution >= 0.6 is 0 Å². The fraction of sp³-hybridized carbons (Fsp3) is 1.00. The minimum Gasteiger partial charge on any atom is -0.412 e. The molecule has 0 heterocycles. The van der Waals surface area contributed by atoms with Gasteiger partial charge in [0.05, 0.1) is 0 Å². The summed E-state index contributed by atoms with van der Waals surface area (Å²) in [5.41, 5.74) is 0. The van der Waals surface area contributed by atoms with Crippen LogP contribution < -0.4 is 5.84 Å². The van der Waals surface area contributed by atoms with Crippen molar-refractivity contribution in [2.75, 3.05) is 13.6 Å². The lowest BCUT2D eigenvalue weighted by atomic mass is 10.5. The van der Waals surface area contributed by atoms with Gasteiger partial charge in [-0.3, -0.25) is 10.9 Å². The second-order valence-electron chi connectivity index (χ2n) is 1.48. The molecule has 7 heavy (non-hydrogen) atoms. The molecule has 3 heteroatoms. The molecule has 0 aromatic rings. The molecule has 0 rings (SSSR count). The zero-order valence-corrected chi connectivity index (χ0v) is 4.94. The molecule has 0 saturated heterocycles. The van der Waals surface area contributed by atoms with Crippen LogP contribution in [0.3, 0.4) is 0 Å². The Labute approximate surface area is 44.4 Å². The molecule has 0 aliphatic heterocycles. The molecule has 0 aliphatic rings. The first kappa shape index (κ1) is 9.99. The van der Waals surface area contributed by atoms with E-state index >= 15 is 0 Å². The van der Waals surface area contributed by atoms with Gasteiger partial charge in [0.2, 0.25) is 0 Å². The van der Waals surface area contributed by atoms with E-state index in [4.69, 9.17) is 5.84 Å². The highest BCUT2D eigenvalue weighted by Crippen LogP contribution is 1.72. The maximum absolute atomic E-state index is 5.24. The Bertz CT molecular complexity index is 30.9. The second-order valence-corrected chi connectivity index (χ2v) is 1.48. The van der Waals surface area contributed by atoms with Crippen LogP contribution in [0.1, 0.15) is 13.3 Å². The van der Waals surface area contributed by atoms with Crippen molar-refractivity contribution < 1.29 is 5.48 Å². The molecule has 0 amide bonds. The van der Waals surface area contributed by atoms with Crippen LogP contribution in [0.5, 0.6) is 0 Å². The Balaban J connectivity index is 0. The van der Waals surface area contributed by atoms with E-state index in [0.29, 0.717) is 0 Å². The quantitative estimate of drug-likeness (QED) is 0.376. The number of hydrazine groups is 1. The van der Waals surface area contributed by atoms with Crippen molar-refractivity contribution in [3.8, 4) is 0 Å². The highest BCUT2D eigenvalue weighted by molar-refractivity contribution is 4.31. The first-order chi connectivity index (χ1) is 2.77. The van der Waals surface area contributed by atoms with Crippen molar-refractivity contribution in [3.63, 3.8) is 0 Å². The Morgan fingerprint density at radius 1 is 1.57 bits per heavy atom. The molecule has 0 aromatic heterocycles. The highest BCUT2D eigenvalue weighted by atomic mass is 16.0. The van der Waals surface area contributed by atoms with E-state index in [9.17, 15) is 0 Å². The molecule has 0 unspecified atom stereocenters. The van der Waals surface area contributed by atoms with Gasteiger partial charge in [-0.2, -0.15) is 0 Å². The molecule has 0 bridgehead atoms. The predicted octanol–water partition coefficient (Wildman–Crippen LogP) is -0.623. The summed E-state index contributed by atoms with van der Waals surface area (Å²) in [4.78, 5) is 0. The Morgan fingerprint density at radius 2 is 2.00 bits per heavy atom. The Hall–Kier alpha value is -0.120. The maximum atomic E-state index is 5.24. The molecular weight excluding hydrogens is 92.1 g/mol. The van der Waals surface area contributed by atoms with Crippen LogP contribution in [0.25, 0.3) is 0 Å². The number of nitrogens with zero attached hydrogens (tertiary/aromatic N) is 1. The third-order valence-electron chi connectivity index (χ3n) is 0.576. The summed E-state index contributed by atoms with van der Waals surface area (Å²) in [6.45, 7) is 3.09. The number of hydrogen-bond donors (Lipinski definition) is 1. The second kappa shape index (κ2) is 5.88. The van der Waals surface area contributed by atoms with Crippen molar-refractivity contribution >= 4 is 0 Å². The van der Waals surface area contributed by atoms with E-state index < -0.39 is 0 Å². The van der Waals surface area contributed by atoms with Gasteiger partial charge < -0.3 is 5.48 Å². The normalized spacial score (nSPS) is 8.57. The van der Waals surface area contributed by atoms with Gasteiger partial charge in [-0.1, -0.05) is 6.92 Å². The summed E-state index contributed by atoms with van der Waals surface area (Å²) in [5.74, 6) is 5.24. The highest BCUT2D eigenvalue weighted by Gasteiger charge is 1.79. The van der Waals surface area contributed by atoms with Gasteiger partial charge in [-0.05, 0) is 6.42 Å². The van der Waals surface area contributed by atoms with E-state index in [1.165, 1.54) is 0 Å². The van der Waals surface area contributed by atoms with Crippen LogP contribution in [0.15, 0.2) is 0 Å². The molecule has 3 nitrogen and oxygen atoms in total. The maximum Gasteiger partial charge on any atom is 0.0122 e. The lowest BCUT2D eigenvalue weighted by Gasteiger charge is -2.03. The minimum absolute atomic E-state index is 0. The average molecular weight is 106 g/mol. The van der Waals surface area contributed by atoms with Crippen LogP contribution in [0.4, 0.5) is 0 Å². The summed E-state index contributed by atoms with van der Waals surface area (Å²) in [6.07, 6.45) is 1.13. The molecule has 0 radical (unpaired) electrons. The van der Waals surface area contributed by atoms with Gasteiger partial charge in [0.1, 0.15) is 0 Å². The van der Waals surface area contributed by atoms with Gasteiger partial charge in [-0.25, -0.2) is 0 Å². The van der Waals surface area contributed by atoms with Crippen LogP contribution in [-0.4, -0.2) is 24.1 Å². The largest absolute Gasteiger partial charge is 0.412 e. The van der Waals surface area contributed by atoms with Gasteiger partial charge in [0.25, 0.3) is 0 Å². The fourth-order valence-electron chi connectivity index (χ4n) is 0.353. The van der Waals surface area contributed by atoms with Crippen LogP contribution in [-0.2, 0) is 0 Å². The van der Waals surface area contributed by atoms with Crippen LogP contribution in [0.2, 0.25) is 0 Å². The van der Waals surface area contributed by atoms with Gasteiger partial charge >= 0.3 is 0 Å². The lowest BCUT2D eigenvalue weighted by Crippen LogP contribution is -2.26. The fourth-order valence-corrected chi connectivity index (χ4v) is 0.353. The number of hydrogen-bond acceptors (Lipinski definition) is 2. The van der Waals surface area contributed by atoms with E-state index in [1.54, 1.807) is 5.01 Å². The topological polar surface area (TPSA) is 60.8 Å². The van der Waals surface area contributed by atoms with Gasteiger partial charge in [0, 0.05) is 13.6 Å². The van der Waals surface area contributed by atoms with Crippen LogP contribution in [0, 0.1) is 0 Å². The third-order valence-corrected chi connectivity index (χ3v) is 0.576. The van der Waals surface area contributed by atoms with Crippen molar-refractivity contribution in [2.45, 2.75) is 13.3 Å². The van der Waals surface area contributed by atoms with E-state index in [1.807, 2.05) is 7.05 Å². The smallest absolute Gasteiger partial charge is 0.0122 e. The summed E-state index contributed by atoms with van der Waals surface area (Å²) in [6, 6.07) is 0. The van der Waals surface area contributed by atoms with Gasteiger partial charge in [-0.15, -0.1) is 0 Å². The Morgan fingerprint density at radius 3 is 2.00 bits per heavy atom. The summed E-state index contributed by atoms with van der Waals surface area (Å²) < 4.78 is 0. The SMILES string of the molecule is CCCN(C)N.O. The standard InChI is InChI=1S/C4H12N2.H2O/c1-3-4-6(2)5;/h3-5H2,1-2H3;1H2. The minimum atomic E-state index is 0. The molecule has 46 valence electrons. The average Bonchev–Trinajstić information content (AvgIpc) is 1.35. The monoisotopic (exact) mass is 106 g/mol. The van der Waals surface area contributed by atoms with E-state index in [-0.39, 0.29) is 5.48 Å². The molecule has 0 fully saturated rings. The first-order valence-corrected chi connectivity index (χ1v) is 2.23. The molecule has 4 N–H and O–H groups in total. The molecule has 0 spiro atoms. The van der Waals surface area contributed by atoms with E-state index in [2.05, 4.69) is 6.92 Å².